The summed E-state index contributed by atoms with van der Waals surface area (Å²) in [6.45, 7) is 0. The molecule has 0 aliphatic rings. The van der Waals surface area contributed by atoms with E-state index < -0.39 is 0 Å². The van der Waals surface area contributed by atoms with Gasteiger partial charge in [0, 0.05) is 5.56 Å². The molecule has 0 fully saturated rings. The zero-order valence-corrected chi connectivity index (χ0v) is 10.2. The fourth-order valence-corrected chi connectivity index (χ4v) is 2.56. The average molecular weight is 245 g/mol. The van der Waals surface area contributed by atoms with Crippen LogP contribution in [0, 0.1) is 0 Å². The normalized spacial score (nSPS) is 11.2. The Morgan fingerprint density at radius 1 is 0.789 bits per heavy atom. The molecule has 0 unspecified atom stereocenters. The predicted molar refractivity (Wildman–Crippen MR) is 77.0 cm³/mol. The molecule has 0 saturated heterocycles. The van der Waals surface area contributed by atoms with Crippen molar-refractivity contribution in [1.29, 1.82) is 0 Å². The van der Waals surface area contributed by atoms with Crippen LogP contribution < -0.4 is 0 Å². The molecule has 0 saturated carbocycles. The number of hydrogen-bond acceptors (Lipinski definition) is 2. The van der Waals surface area contributed by atoms with Crippen LogP contribution >= 0.6 is 0 Å². The van der Waals surface area contributed by atoms with Crippen LogP contribution in [-0.4, -0.2) is 5.16 Å². The van der Waals surface area contributed by atoms with E-state index >= 15 is 0 Å². The van der Waals surface area contributed by atoms with Gasteiger partial charge in [0.05, 0.1) is 6.20 Å². The first-order valence-electron chi connectivity index (χ1n) is 6.23. The molecule has 4 rings (SSSR count). The summed E-state index contributed by atoms with van der Waals surface area (Å²) in [5.41, 5.74) is 2.17. The topological polar surface area (TPSA) is 26.0 Å². The molecule has 0 N–H and O–H groups in total. The van der Waals surface area contributed by atoms with E-state index in [1.807, 2.05) is 0 Å². The molecular formula is C17H11NO. The predicted octanol–water partition coefficient (Wildman–Crippen LogP) is 4.65. The third-order valence-electron chi connectivity index (χ3n) is 3.49. The quantitative estimate of drug-likeness (QED) is 0.456. The molecule has 0 aliphatic carbocycles. The highest BCUT2D eigenvalue weighted by molar-refractivity contribution is 6.04. The second-order valence-electron chi connectivity index (χ2n) is 4.64. The first-order chi connectivity index (χ1) is 9.42. The lowest BCUT2D eigenvalue weighted by molar-refractivity contribution is 0.420. The molecule has 2 heteroatoms. The minimum absolute atomic E-state index is 1.01. The zero-order valence-electron chi connectivity index (χ0n) is 10.2. The lowest BCUT2D eigenvalue weighted by Crippen LogP contribution is -1.80. The minimum atomic E-state index is 1.01. The summed E-state index contributed by atoms with van der Waals surface area (Å²) in [7, 11) is 0. The largest absolute Gasteiger partial charge is 0.364 e. The summed E-state index contributed by atoms with van der Waals surface area (Å²) in [5, 5.41) is 8.76. The van der Waals surface area contributed by atoms with Gasteiger partial charge in [0.15, 0.2) is 0 Å². The van der Waals surface area contributed by atoms with Crippen molar-refractivity contribution in [2.75, 3.05) is 0 Å². The van der Waals surface area contributed by atoms with Gasteiger partial charge in [0.1, 0.15) is 6.26 Å². The van der Waals surface area contributed by atoms with E-state index in [0.29, 0.717) is 0 Å². The molecule has 1 heterocycles. The molecule has 0 radical (unpaired) electrons. The van der Waals surface area contributed by atoms with Gasteiger partial charge in [-0.25, -0.2) is 0 Å². The maximum atomic E-state index is 4.96. The Morgan fingerprint density at radius 2 is 1.58 bits per heavy atom. The number of fused-ring (bicyclic) bond motifs is 2. The molecule has 0 spiro atoms. The first-order valence-corrected chi connectivity index (χ1v) is 6.23. The van der Waals surface area contributed by atoms with Crippen LogP contribution in [0.2, 0.25) is 0 Å². The van der Waals surface area contributed by atoms with Crippen molar-refractivity contribution < 1.29 is 4.52 Å². The highest BCUT2D eigenvalue weighted by atomic mass is 16.5. The number of rotatable bonds is 1. The van der Waals surface area contributed by atoms with Crippen LogP contribution in [0.1, 0.15) is 0 Å². The number of hydrogen-bond donors (Lipinski definition) is 0. The Balaban J connectivity index is 2.12. The standard InChI is InChI=1S/C17H11NO/c1-2-5-13-9-17-14(8-12(13)4-1)6-3-7-16(17)15-10-18-19-11-15/h1-11H. The minimum Gasteiger partial charge on any atom is -0.364 e. The zero-order chi connectivity index (χ0) is 12.7. The molecule has 0 atom stereocenters. The Morgan fingerprint density at radius 3 is 2.37 bits per heavy atom. The fourth-order valence-electron chi connectivity index (χ4n) is 2.56. The van der Waals surface area contributed by atoms with Gasteiger partial charge >= 0.3 is 0 Å². The molecule has 0 bridgehead atoms. The van der Waals surface area contributed by atoms with Crippen LogP contribution in [-0.2, 0) is 0 Å². The molecule has 19 heavy (non-hydrogen) atoms. The van der Waals surface area contributed by atoms with Gasteiger partial charge in [-0.05, 0) is 39.2 Å². The van der Waals surface area contributed by atoms with Crippen molar-refractivity contribution in [3.8, 4) is 11.1 Å². The third kappa shape index (κ3) is 1.61. The van der Waals surface area contributed by atoms with Gasteiger partial charge in [0.25, 0.3) is 0 Å². The number of nitrogens with zero attached hydrogens (tertiary/aromatic N) is 1. The summed E-state index contributed by atoms with van der Waals surface area (Å²) < 4.78 is 4.96. The Hall–Kier alpha value is -2.61. The third-order valence-corrected chi connectivity index (χ3v) is 3.49. The van der Waals surface area contributed by atoms with Crippen molar-refractivity contribution >= 4 is 21.5 Å². The van der Waals surface area contributed by atoms with Gasteiger partial charge in [0.2, 0.25) is 0 Å². The van der Waals surface area contributed by atoms with Crippen LogP contribution in [0.25, 0.3) is 32.7 Å². The average Bonchev–Trinajstić information content (AvgIpc) is 2.98. The van der Waals surface area contributed by atoms with E-state index in [1.54, 1.807) is 12.5 Å². The number of aromatic nitrogens is 1. The molecule has 90 valence electrons. The summed E-state index contributed by atoms with van der Waals surface area (Å²) in [4.78, 5) is 0. The van der Waals surface area contributed by atoms with Crippen LogP contribution in [0.5, 0.6) is 0 Å². The van der Waals surface area contributed by atoms with Crippen molar-refractivity contribution in [3.05, 3.63) is 67.1 Å². The van der Waals surface area contributed by atoms with Gasteiger partial charge in [-0.3, -0.25) is 0 Å². The van der Waals surface area contributed by atoms with E-state index in [-0.39, 0.29) is 0 Å². The van der Waals surface area contributed by atoms with E-state index in [1.165, 1.54) is 21.5 Å². The van der Waals surface area contributed by atoms with Gasteiger partial charge in [-0.15, -0.1) is 0 Å². The highest BCUT2D eigenvalue weighted by Crippen LogP contribution is 2.31. The van der Waals surface area contributed by atoms with E-state index in [0.717, 1.165) is 11.1 Å². The highest BCUT2D eigenvalue weighted by Gasteiger charge is 2.06. The van der Waals surface area contributed by atoms with Crippen LogP contribution in [0.3, 0.4) is 0 Å². The van der Waals surface area contributed by atoms with Crippen LogP contribution in [0.4, 0.5) is 0 Å². The van der Waals surface area contributed by atoms with Crippen molar-refractivity contribution in [2.24, 2.45) is 0 Å². The molecular weight excluding hydrogens is 234 g/mol. The molecule has 1 aromatic heterocycles. The number of benzene rings is 3. The second-order valence-corrected chi connectivity index (χ2v) is 4.64. The maximum absolute atomic E-state index is 4.96. The maximum Gasteiger partial charge on any atom is 0.131 e. The van der Waals surface area contributed by atoms with Gasteiger partial charge < -0.3 is 4.52 Å². The Bertz CT molecular complexity index is 863. The monoisotopic (exact) mass is 245 g/mol. The first kappa shape index (κ1) is 10.3. The van der Waals surface area contributed by atoms with Gasteiger partial charge in [-0.2, -0.15) is 0 Å². The van der Waals surface area contributed by atoms with Gasteiger partial charge in [-0.1, -0.05) is 47.6 Å². The lowest BCUT2D eigenvalue weighted by Gasteiger charge is -2.06. The molecule has 2 nitrogen and oxygen atoms in total. The Labute approximate surface area is 110 Å². The smallest absolute Gasteiger partial charge is 0.131 e. The molecule has 4 aromatic rings. The van der Waals surface area contributed by atoms with E-state index in [4.69, 9.17) is 4.52 Å². The summed E-state index contributed by atoms with van der Waals surface area (Å²) in [5.74, 6) is 0. The fraction of sp³-hybridized carbons (Fsp3) is 0. The summed E-state index contributed by atoms with van der Waals surface area (Å²) >= 11 is 0. The molecule has 0 aliphatic heterocycles. The second kappa shape index (κ2) is 3.95. The van der Waals surface area contributed by atoms with E-state index in [2.05, 4.69) is 59.8 Å². The summed E-state index contributed by atoms with van der Waals surface area (Å²) in [6, 6.07) is 19.2. The summed E-state index contributed by atoms with van der Waals surface area (Å²) in [6.07, 6.45) is 3.44. The van der Waals surface area contributed by atoms with Crippen molar-refractivity contribution in [3.63, 3.8) is 0 Å². The molecule has 3 aromatic carbocycles. The van der Waals surface area contributed by atoms with Crippen molar-refractivity contribution in [2.45, 2.75) is 0 Å². The molecule has 0 amide bonds. The Kier molecular flexibility index (Phi) is 2.15. The lowest BCUT2D eigenvalue weighted by atomic mass is 9.97. The van der Waals surface area contributed by atoms with E-state index in [9.17, 15) is 0 Å². The van der Waals surface area contributed by atoms with Crippen molar-refractivity contribution in [1.82, 2.24) is 5.16 Å². The van der Waals surface area contributed by atoms with Crippen LogP contribution in [0.15, 0.2) is 71.6 Å². The SMILES string of the molecule is c1ccc2cc3c(-c4cnoc4)cccc3cc2c1.